The smallest absolute Gasteiger partial charge is 0.349 e. The molecular formula is C9H11BrF3NO. The average molecular weight is 286 g/mol. The first-order valence-electron chi connectivity index (χ1n) is 4.50. The van der Waals surface area contributed by atoms with Crippen molar-refractivity contribution in [2.24, 2.45) is 5.92 Å². The number of nitrogens with one attached hydrogen (secondary N) is 1. The Labute approximate surface area is 94.0 Å². The summed E-state index contributed by atoms with van der Waals surface area (Å²) in [6.45, 7) is 1.29. The maximum Gasteiger partial charge on any atom is 0.392 e. The topological polar surface area (TPSA) is 29.1 Å². The van der Waals surface area contributed by atoms with Crippen molar-refractivity contribution in [3.05, 3.63) is 10.6 Å². The molecule has 15 heavy (non-hydrogen) atoms. The highest BCUT2D eigenvalue weighted by atomic mass is 79.9. The number of carbonyl (C=O) groups excluding carboxylic acids is 1. The Morgan fingerprint density at radius 2 is 2.20 bits per heavy atom. The number of hydrogen-bond donors (Lipinski definition) is 1. The largest absolute Gasteiger partial charge is 0.392 e. The highest BCUT2D eigenvalue weighted by Crippen LogP contribution is 2.38. The van der Waals surface area contributed by atoms with E-state index in [-0.39, 0.29) is 18.7 Å². The van der Waals surface area contributed by atoms with Crippen LogP contribution in [0.3, 0.4) is 0 Å². The van der Waals surface area contributed by atoms with Crippen molar-refractivity contribution in [3.63, 3.8) is 0 Å². The molecular weight excluding hydrogens is 275 g/mol. The van der Waals surface area contributed by atoms with Gasteiger partial charge in [-0.15, -0.1) is 0 Å². The van der Waals surface area contributed by atoms with Crippen LogP contribution < -0.4 is 5.32 Å². The number of carbonyl (C=O) groups is 1. The van der Waals surface area contributed by atoms with Crippen LogP contribution in [-0.2, 0) is 4.79 Å². The van der Waals surface area contributed by atoms with Gasteiger partial charge in [0.25, 0.3) is 0 Å². The molecule has 1 aliphatic carbocycles. The van der Waals surface area contributed by atoms with Gasteiger partial charge in [-0.05, 0) is 12.8 Å². The summed E-state index contributed by atoms with van der Waals surface area (Å²) in [6, 6.07) is -0.553. The van der Waals surface area contributed by atoms with Crippen molar-refractivity contribution in [3.8, 4) is 0 Å². The molecule has 86 valence electrons. The summed E-state index contributed by atoms with van der Waals surface area (Å²) in [5.74, 6) is -1.69. The van der Waals surface area contributed by atoms with E-state index in [2.05, 4.69) is 21.2 Å². The predicted molar refractivity (Wildman–Crippen MR) is 53.4 cm³/mol. The Bertz CT molecular complexity index is 288. The Morgan fingerprint density at radius 3 is 2.67 bits per heavy atom. The molecule has 2 nitrogen and oxygen atoms in total. The molecule has 2 unspecified atom stereocenters. The zero-order valence-electron chi connectivity index (χ0n) is 8.07. The molecule has 0 aliphatic heterocycles. The van der Waals surface area contributed by atoms with E-state index in [0.29, 0.717) is 4.48 Å². The second-order valence-electron chi connectivity index (χ2n) is 3.55. The number of rotatable bonds is 1. The van der Waals surface area contributed by atoms with Crippen molar-refractivity contribution < 1.29 is 18.0 Å². The van der Waals surface area contributed by atoms with Gasteiger partial charge in [-0.1, -0.05) is 22.0 Å². The maximum absolute atomic E-state index is 12.4. The molecule has 0 aromatic carbocycles. The molecule has 1 rings (SSSR count). The molecule has 1 aliphatic rings. The molecule has 0 aromatic rings. The molecule has 0 heterocycles. The fourth-order valence-corrected chi connectivity index (χ4v) is 2.02. The van der Waals surface area contributed by atoms with Crippen molar-refractivity contribution in [2.45, 2.75) is 32.0 Å². The molecule has 0 fully saturated rings. The monoisotopic (exact) mass is 285 g/mol. The van der Waals surface area contributed by atoms with Crippen LogP contribution in [0.5, 0.6) is 0 Å². The summed E-state index contributed by atoms with van der Waals surface area (Å²) >= 11 is 3.16. The lowest BCUT2D eigenvalue weighted by Crippen LogP contribution is -2.40. The first-order chi connectivity index (χ1) is 6.80. The minimum atomic E-state index is -4.19. The summed E-state index contributed by atoms with van der Waals surface area (Å²) < 4.78 is 37.9. The zero-order chi connectivity index (χ0) is 11.6. The Kier molecular flexibility index (Phi) is 3.81. The summed E-state index contributed by atoms with van der Waals surface area (Å²) in [7, 11) is 0. The van der Waals surface area contributed by atoms with Crippen LogP contribution in [0, 0.1) is 5.92 Å². The third-order valence-corrected chi connectivity index (χ3v) is 3.17. The van der Waals surface area contributed by atoms with E-state index in [0.717, 1.165) is 0 Å². The van der Waals surface area contributed by atoms with Gasteiger partial charge in [-0.3, -0.25) is 4.79 Å². The van der Waals surface area contributed by atoms with E-state index in [1.807, 2.05) is 0 Å². The van der Waals surface area contributed by atoms with Crippen molar-refractivity contribution in [2.75, 3.05) is 0 Å². The first kappa shape index (κ1) is 12.5. The normalized spacial score (nSPS) is 27.1. The van der Waals surface area contributed by atoms with Crippen LogP contribution in [0.1, 0.15) is 19.8 Å². The minimum absolute atomic E-state index is 0.0276. The quantitative estimate of drug-likeness (QED) is 0.789. The molecule has 1 amide bonds. The third-order valence-electron chi connectivity index (χ3n) is 2.29. The molecule has 1 N–H and O–H groups in total. The van der Waals surface area contributed by atoms with Gasteiger partial charge in [-0.2, -0.15) is 13.2 Å². The summed E-state index contributed by atoms with van der Waals surface area (Å²) in [5, 5.41) is 2.48. The van der Waals surface area contributed by atoms with E-state index in [1.54, 1.807) is 0 Å². The first-order valence-corrected chi connectivity index (χ1v) is 5.29. The fourth-order valence-electron chi connectivity index (χ4n) is 1.53. The number of amides is 1. The van der Waals surface area contributed by atoms with Gasteiger partial charge in [0.1, 0.15) is 0 Å². The minimum Gasteiger partial charge on any atom is -0.349 e. The number of allylic oxidation sites excluding steroid dienone is 1. The SMILES string of the molecule is CC(=O)NC1CC(C(F)(F)F)CC=C1Br. The Morgan fingerprint density at radius 1 is 1.60 bits per heavy atom. The molecule has 0 radical (unpaired) electrons. The number of hydrogen-bond acceptors (Lipinski definition) is 1. The van der Waals surface area contributed by atoms with E-state index in [1.165, 1.54) is 13.0 Å². The van der Waals surface area contributed by atoms with Gasteiger partial charge in [0.15, 0.2) is 0 Å². The fraction of sp³-hybridized carbons (Fsp3) is 0.667. The van der Waals surface area contributed by atoms with Crippen LogP contribution >= 0.6 is 15.9 Å². The Hall–Kier alpha value is -0.520. The van der Waals surface area contributed by atoms with Gasteiger partial charge in [0.2, 0.25) is 5.91 Å². The van der Waals surface area contributed by atoms with E-state index in [4.69, 9.17) is 0 Å². The van der Waals surface area contributed by atoms with E-state index >= 15 is 0 Å². The van der Waals surface area contributed by atoms with Crippen molar-refractivity contribution >= 4 is 21.8 Å². The van der Waals surface area contributed by atoms with Gasteiger partial charge in [0, 0.05) is 11.4 Å². The molecule has 0 spiro atoms. The predicted octanol–water partition coefficient (Wildman–Crippen LogP) is 2.74. The highest BCUT2D eigenvalue weighted by Gasteiger charge is 2.42. The number of alkyl halides is 3. The lowest BCUT2D eigenvalue weighted by atomic mass is 9.90. The second-order valence-corrected chi connectivity index (χ2v) is 4.47. The van der Waals surface area contributed by atoms with Gasteiger partial charge in [0.05, 0.1) is 12.0 Å². The lowest BCUT2D eigenvalue weighted by Gasteiger charge is -2.29. The lowest BCUT2D eigenvalue weighted by molar-refractivity contribution is -0.177. The maximum atomic E-state index is 12.4. The molecule has 0 saturated carbocycles. The van der Waals surface area contributed by atoms with Crippen LogP contribution in [0.2, 0.25) is 0 Å². The molecule has 0 aromatic heterocycles. The van der Waals surface area contributed by atoms with Crippen molar-refractivity contribution in [1.82, 2.24) is 5.32 Å². The number of halogens is 4. The molecule has 0 saturated heterocycles. The summed E-state index contributed by atoms with van der Waals surface area (Å²) in [4.78, 5) is 10.8. The zero-order valence-corrected chi connectivity index (χ0v) is 9.65. The van der Waals surface area contributed by atoms with Crippen LogP contribution in [-0.4, -0.2) is 18.1 Å². The van der Waals surface area contributed by atoms with Crippen LogP contribution in [0.25, 0.3) is 0 Å². The molecule has 6 heteroatoms. The standard InChI is InChI=1S/C9H11BrF3NO/c1-5(15)14-8-4-6(9(11,12)13)2-3-7(8)10/h3,6,8H,2,4H2,1H3,(H,14,15). The van der Waals surface area contributed by atoms with Crippen LogP contribution in [0.15, 0.2) is 10.6 Å². The summed E-state index contributed by atoms with van der Waals surface area (Å²) in [5.41, 5.74) is 0. The van der Waals surface area contributed by atoms with E-state index in [9.17, 15) is 18.0 Å². The van der Waals surface area contributed by atoms with Crippen LogP contribution in [0.4, 0.5) is 13.2 Å². The van der Waals surface area contributed by atoms with Gasteiger partial charge >= 0.3 is 6.18 Å². The summed E-state index contributed by atoms with van der Waals surface area (Å²) in [6.07, 6.45) is -2.84. The van der Waals surface area contributed by atoms with Gasteiger partial charge in [-0.25, -0.2) is 0 Å². The van der Waals surface area contributed by atoms with E-state index < -0.39 is 18.1 Å². The second kappa shape index (κ2) is 4.55. The average Bonchev–Trinajstić information content (AvgIpc) is 2.06. The highest BCUT2D eigenvalue weighted by molar-refractivity contribution is 9.11. The molecule has 2 atom stereocenters. The van der Waals surface area contributed by atoms with Crippen molar-refractivity contribution in [1.29, 1.82) is 0 Å². The molecule has 0 bridgehead atoms. The van der Waals surface area contributed by atoms with Gasteiger partial charge < -0.3 is 5.32 Å². The third kappa shape index (κ3) is 3.52. The Balaban J connectivity index is 2.70.